The van der Waals surface area contributed by atoms with Crippen LogP contribution in [0, 0.1) is 11.7 Å². The third-order valence-corrected chi connectivity index (χ3v) is 4.21. The predicted molar refractivity (Wildman–Crippen MR) is 94.4 cm³/mol. The summed E-state index contributed by atoms with van der Waals surface area (Å²) in [5, 5.41) is 2.80. The van der Waals surface area contributed by atoms with E-state index in [1.54, 1.807) is 30.3 Å². The Bertz CT molecular complexity index is 823. The van der Waals surface area contributed by atoms with E-state index in [9.17, 15) is 14.0 Å². The van der Waals surface area contributed by atoms with E-state index < -0.39 is 5.97 Å². The lowest BCUT2D eigenvalue weighted by molar-refractivity contribution is -0.144. The molecule has 1 heterocycles. The molecule has 26 heavy (non-hydrogen) atoms. The SMILES string of the molecule is C[C@H](NC(=O)COC(=O)/C=C/c1ccc(-c2ccccc2F)o1)C1CC1. The lowest BCUT2D eigenvalue weighted by Crippen LogP contribution is -2.36. The first kappa shape index (κ1) is 17.9. The summed E-state index contributed by atoms with van der Waals surface area (Å²) in [5.41, 5.74) is 0.344. The van der Waals surface area contributed by atoms with Crippen molar-refractivity contribution in [2.45, 2.75) is 25.8 Å². The molecule has 136 valence electrons. The molecule has 0 bridgehead atoms. The standard InChI is InChI=1S/C20H20FNO4/c1-13(14-6-7-14)22-19(23)12-25-20(24)11-9-15-8-10-18(26-15)16-4-2-3-5-17(16)21/h2-5,8-11,13-14H,6-7,12H2,1H3,(H,22,23)/b11-9+/t13-/m0/s1. The van der Waals surface area contributed by atoms with Crippen LogP contribution in [0.1, 0.15) is 25.5 Å². The number of hydrogen-bond acceptors (Lipinski definition) is 4. The Balaban J connectivity index is 1.49. The Morgan fingerprint density at radius 1 is 1.31 bits per heavy atom. The van der Waals surface area contributed by atoms with Gasteiger partial charge in [-0.3, -0.25) is 4.79 Å². The van der Waals surface area contributed by atoms with Crippen LogP contribution in [-0.2, 0) is 14.3 Å². The number of halogens is 1. The van der Waals surface area contributed by atoms with Gasteiger partial charge in [-0.05, 0) is 56.0 Å². The van der Waals surface area contributed by atoms with Gasteiger partial charge < -0.3 is 14.5 Å². The van der Waals surface area contributed by atoms with Crippen molar-refractivity contribution in [3.8, 4) is 11.3 Å². The maximum atomic E-state index is 13.7. The maximum Gasteiger partial charge on any atom is 0.331 e. The van der Waals surface area contributed by atoms with Gasteiger partial charge in [-0.2, -0.15) is 0 Å². The number of ether oxygens (including phenoxy) is 1. The number of furan rings is 1. The summed E-state index contributed by atoms with van der Waals surface area (Å²) in [6.07, 6.45) is 4.84. The topological polar surface area (TPSA) is 68.5 Å². The Morgan fingerprint density at radius 3 is 2.81 bits per heavy atom. The molecule has 6 heteroatoms. The third kappa shape index (κ3) is 4.81. The number of benzene rings is 1. The lowest BCUT2D eigenvalue weighted by atomic mass is 10.1. The largest absolute Gasteiger partial charge is 0.457 e. The Morgan fingerprint density at radius 2 is 2.08 bits per heavy atom. The second-order valence-corrected chi connectivity index (χ2v) is 6.32. The molecular weight excluding hydrogens is 337 g/mol. The van der Waals surface area contributed by atoms with E-state index in [1.807, 2.05) is 6.92 Å². The summed E-state index contributed by atoms with van der Waals surface area (Å²) in [6, 6.07) is 9.61. The van der Waals surface area contributed by atoms with Gasteiger partial charge in [0, 0.05) is 12.1 Å². The van der Waals surface area contributed by atoms with Crippen LogP contribution in [0.15, 0.2) is 46.9 Å². The van der Waals surface area contributed by atoms with Crippen molar-refractivity contribution >= 4 is 18.0 Å². The first-order valence-electron chi connectivity index (χ1n) is 8.52. The van der Waals surface area contributed by atoms with Gasteiger partial charge in [-0.1, -0.05) is 12.1 Å². The first-order chi connectivity index (χ1) is 12.5. The molecule has 1 saturated carbocycles. The summed E-state index contributed by atoms with van der Waals surface area (Å²) >= 11 is 0. The zero-order valence-electron chi connectivity index (χ0n) is 14.4. The average Bonchev–Trinajstić information content (AvgIpc) is 3.38. The highest BCUT2D eigenvalue weighted by Gasteiger charge is 2.28. The van der Waals surface area contributed by atoms with Gasteiger partial charge in [0.05, 0.1) is 5.56 Å². The molecule has 1 atom stereocenters. The number of carbonyl (C=O) groups excluding carboxylic acids is 2. The number of amides is 1. The summed E-state index contributed by atoms with van der Waals surface area (Å²) in [7, 11) is 0. The van der Waals surface area contributed by atoms with Crippen LogP contribution in [0.4, 0.5) is 4.39 Å². The van der Waals surface area contributed by atoms with Crippen LogP contribution in [0.2, 0.25) is 0 Å². The quantitative estimate of drug-likeness (QED) is 0.608. The minimum absolute atomic E-state index is 0.108. The Labute approximate surface area is 150 Å². The molecule has 1 amide bonds. The second kappa shape index (κ2) is 7.99. The molecular formula is C20H20FNO4. The highest BCUT2D eigenvalue weighted by molar-refractivity contribution is 5.89. The first-order valence-corrected chi connectivity index (χ1v) is 8.52. The van der Waals surface area contributed by atoms with Gasteiger partial charge in [0.15, 0.2) is 6.61 Å². The van der Waals surface area contributed by atoms with Crippen molar-refractivity contribution in [1.82, 2.24) is 5.32 Å². The lowest BCUT2D eigenvalue weighted by Gasteiger charge is -2.12. The fourth-order valence-corrected chi connectivity index (χ4v) is 2.59. The molecule has 1 fully saturated rings. The highest BCUT2D eigenvalue weighted by atomic mass is 19.1. The molecule has 0 saturated heterocycles. The molecule has 0 spiro atoms. The zero-order valence-corrected chi connectivity index (χ0v) is 14.4. The van der Waals surface area contributed by atoms with Gasteiger partial charge >= 0.3 is 5.97 Å². The number of rotatable bonds is 7. The van der Waals surface area contributed by atoms with Gasteiger partial charge in [0.1, 0.15) is 17.3 Å². The number of carbonyl (C=O) groups is 2. The van der Waals surface area contributed by atoms with Gasteiger partial charge in [-0.25, -0.2) is 9.18 Å². The van der Waals surface area contributed by atoms with Crippen LogP contribution in [0.3, 0.4) is 0 Å². The number of hydrogen-bond donors (Lipinski definition) is 1. The van der Waals surface area contributed by atoms with E-state index in [4.69, 9.17) is 9.15 Å². The zero-order chi connectivity index (χ0) is 18.5. The van der Waals surface area contributed by atoms with Crippen molar-refractivity contribution in [2.75, 3.05) is 6.61 Å². The molecule has 3 rings (SSSR count). The molecule has 1 aromatic heterocycles. The van der Waals surface area contributed by atoms with E-state index in [2.05, 4.69) is 5.32 Å². The van der Waals surface area contributed by atoms with E-state index in [-0.39, 0.29) is 24.4 Å². The van der Waals surface area contributed by atoms with Crippen LogP contribution in [0.25, 0.3) is 17.4 Å². The van der Waals surface area contributed by atoms with E-state index in [0.717, 1.165) is 12.8 Å². The predicted octanol–water partition coefficient (Wildman–Crippen LogP) is 3.56. The number of esters is 1. The summed E-state index contributed by atoms with van der Waals surface area (Å²) in [6.45, 7) is 1.63. The summed E-state index contributed by atoms with van der Waals surface area (Å²) in [5.74, 6) is -0.0639. The minimum atomic E-state index is -0.650. The van der Waals surface area contributed by atoms with Gasteiger partial charge in [0.25, 0.3) is 5.91 Å². The molecule has 1 N–H and O–H groups in total. The highest BCUT2D eigenvalue weighted by Crippen LogP contribution is 2.32. The van der Waals surface area contributed by atoms with Crippen molar-refractivity contribution in [3.05, 3.63) is 54.1 Å². The summed E-state index contributed by atoms with van der Waals surface area (Å²) in [4.78, 5) is 23.4. The monoisotopic (exact) mass is 357 g/mol. The average molecular weight is 357 g/mol. The van der Waals surface area contributed by atoms with Crippen LogP contribution in [-0.4, -0.2) is 24.5 Å². The maximum absolute atomic E-state index is 13.7. The van der Waals surface area contributed by atoms with Crippen molar-refractivity contribution in [1.29, 1.82) is 0 Å². The molecule has 0 radical (unpaired) electrons. The number of nitrogens with one attached hydrogen (secondary N) is 1. The van der Waals surface area contributed by atoms with E-state index in [1.165, 1.54) is 18.2 Å². The molecule has 1 aliphatic carbocycles. The molecule has 1 aromatic carbocycles. The van der Waals surface area contributed by atoms with Crippen LogP contribution >= 0.6 is 0 Å². The molecule has 1 aliphatic rings. The van der Waals surface area contributed by atoms with Crippen molar-refractivity contribution in [3.63, 3.8) is 0 Å². The smallest absolute Gasteiger partial charge is 0.331 e. The Hall–Kier alpha value is -2.89. The van der Waals surface area contributed by atoms with Crippen molar-refractivity contribution in [2.24, 2.45) is 5.92 Å². The van der Waals surface area contributed by atoms with Gasteiger partial charge in [0.2, 0.25) is 0 Å². The minimum Gasteiger partial charge on any atom is -0.457 e. The molecule has 5 nitrogen and oxygen atoms in total. The molecule has 2 aromatic rings. The second-order valence-electron chi connectivity index (χ2n) is 6.32. The normalized spacial score (nSPS) is 15.0. The van der Waals surface area contributed by atoms with E-state index in [0.29, 0.717) is 23.0 Å². The van der Waals surface area contributed by atoms with Crippen molar-refractivity contribution < 1.29 is 23.1 Å². The van der Waals surface area contributed by atoms with Crippen LogP contribution < -0.4 is 5.32 Å². The molecule has 0 unspecified atom stereocenters. The Kier molecular flexibility index (Phi) is 5.51. The summed E-state index contributed by atoms with van der Waals surface area (Å²) < 4.78 is 24.1. The van der Waals surface area contributed by atoms with Gasteiger partial charge in [-0.15, -0.1) is 0 Å². The molecule has 0 aliphatic heterocycles. The van der Waals surface area contributed by atoms with E-state index >= 15 is 0 Å². The third-order valence-electron chi connectivity index (χ3n) is 4.21. The van der Waals surface area contributed by atoms with Crippen LogP contribution in [0.5, 0.6) is 0 Å². The fraction of sp³-hybridized carbons (Fsp3) is 0.300. The fourth-order valence-electron chi connectivity index (χ4n) is 2.59.